The van der Waals surface area contributed by atoms with Gasteiger partial charge in [-0.3, -0.25) is 9.48 Å². The zero-order chi connectivity index (χ0) is 23.0. The molecule has 32 heavy (non-hydrogen) atoms. The number of hydrogen-bond acceptors (Lipinski definition) is 5. The van der Waals surface area contributed by atoms with E-state index in [-0.39, 0.29) is 17.8 Å². The predicted molar refractivity (Wildman–Crippen MR) is 122 cm³/mol. The highest BCUT2D eigenvalue weighted by atomic mass is 32.1. The number of amides is 2. The Balaban J connectivity index is 1.45. The van der Waals surface area contributed by atoms with Crippen molar-refractivity contribution in [3.63, 3.8) is 0 Å². The van der Waals surface area contributed by atoms with E-state index in [4.69, 9.17) is 4.74 Å². The second-order valence-corrected chi connectivity index (χ2v) is 9.99. The topological polar surface area (TPSA) is 67.7 Å². The molecule has 0 N–H and O–H groups in total. The maximum atomic E-state index is 13.2. The van der Waals surface area contributed by atoms with Gasteiger partial charge in [-0.05, 0) is 51.5 Å². The van der Waals surface area contributed by atoms with Gasteiger partial charge >= 0.3 is 6.09 Å². The number of aryl methyl sites for hydroxylation is 1. The van der Waals surface area contributed by atoms with E-state index in [1.54, 1.807) is 21.9 Å². The number of thiophene rings is 1. The molecule has 3 heterocycles. The number of piperazine rings is 1. The number of ether oxygens (including phenoxy) is 1. The number of nitrogens with zero attached hydrogens (tertiary/aromatic N) is 4. The molecule has 0 bridgehead atoms. The first kappa shape index (κ1) is 22.3. The fourth-order valence-corrected chi connectivity index (χ4v) is 4.79. The highest BCUT2D eigenvalue weighted by Gasteiger charge is 2.29. The molecule has 3 aromatic rings. The Morgan fingerprint density at radius 1 is 1.09 bits per heavy atom. The van der Waals surface area contributed by atoms with Gasteiger partial charge in [-0.25, -0.2) is 9.18 Å². The van der Waals surface area contributed by atoms with Gasteiger partial charge in [-0.1, -0.05) is 12.1 Å². The van der Waals surface area contributed by atoms with Crippen LogP contribution in [0.15, 0.2) is 30.3 Å². The molecule has 1 aliphatic heterocycles. The number of halogens is 1. The maximum Gasteiger partial charge on any atom is 0.410 e. The number of rotatable bonds is 3. The van der Waals surface area contributed by atoms with Gasteiger partial charge in [-0.15, -0.1) is 11.3 Å². The van der Waals surface area contributed by atoms with Crippen LogP contribution in [-0.2, 0) is 11.3 Å². The van der Waals surface area contributed by atoms with Crippen molar-refractivity contribution < 1.29 is 18.7 Å². The normalized spacial score (nSPS) is 14.8. The molecule has 7 nitrogen and oxygen atoms in total. The summed E-state index contributed by atoms with van der Waals surface area (Å²) in [6.45, 7) is 9.77. The molecule has 0 unspecified atom stereocenters. The third-order valence-electron chi connectivity index (χ3n) is 5.28. The van der Waals surface area contributed by atoms with E-state index < -0.39 is 5.60 Å². The lowest BCUT2D eigenvalue weighted by Crippen LogP contribution is -2.51. The molecule has 170 valence electrons. The Morgan fingerprint density at radius 2 is 1.72 bits per heavy atom. The second kappa shape index (κ2) is 8.54. The minimum Gasteiger partial charge on any atom is -0.444 e. The predicted octanol–water partition coefficient (Wildman–Crippen LogP) is 4.29. The van der Waals surface area contributed by atoms with Crippen molar-refractivity contribution in [2.45, 2.75) is 39.8 Å². The third kappa shape index (κ3) is 4.77. The van der Waals surface area contributed by atoms with Crippen LogP contribution in [0.1, 0.15) is 41.7 Å². The van der Waals surface area contributed by atoms with Crippen LogP contribution in [0.5, 0.6) is 0 Å². The number of hydrogen-bond donors (Lipinski definition) is 0. The average Bonchev–Trinajstić information content (AvgIpc) is 3.29. The Hall–Kier alpha value is -2.94. The summed E-state index contributed by atoms with van der Waals surface area (Å²) in [6, 6.07) is 8.24. The molecular weight excluding hydrogens is 431 g/mol. The fourth-order valence-electron chi connectivity index (χ4n) is 3.66. The number of aromatic nitrogens is 2. The lowest BCUT2D eigenvalue weighted by Gasteiger charge is -2.35. The van der Waals surface area contributed by atoms with Gasteiger partial charge in [0, 0.05) is 31.6 Å². The molecule has 1 aromatic carbocycles. The molecule has 0 radical (unpaired) electrons. The molecule has 4 rings (SSSR count). The first-order valence-electron chi connectivity index (χ1n) is 10.6. The lowest BCUT2D eigenvalue weighted by molar-refractivity contribution is 0.0141. The highest BCUT2D eigenvalue weighted by Crippen LogP contribution is 2.30. The van der Waals surface area contributed by atoms with Crippen molar-refractivity contribution in [2.24, 2.45) is 0 Å². The Morgan fingerprint density at radius 3 is 2.34 bits per heavy atom. The van der Waals surface area contributed by atoms with Crippen LogP contribution in [-0.4, -0.2) is 63.4 Å². The van der Waals surface area contributed by atoms with E-state index in [0.717, 1.165) is 21.5 Å². The number of benzene rings is 1. The van der Waals surface area contributed by atoms with Gasteiger partial charge < -0.3 is 14.5 Å². The van der Waals surface area contributed by atoms with E-state index in [1.807, 2.05) is 38.4 Å². The van der Waals surface area contributed by atoms with Gasteiger partial charge in [0.25, 0.3) is 5.91 Å². The van der Waals surface area contributed by atoms with E-state index in [1.165, 1.54) is 23.5 Å². The summed E-state index contributed by atoms with van der Waals surface area (Å²) in [4.78, 5) is 30.4. The van der Waals surface area contributed by atoms with Gasteiger partial charge in [0.15, 0.2) is 0 Å². The minimum absolute atomic E-state index is 0.0391. The molecule has 2 aromatic heterocycles. The first-order valence-corrected chi connectivity index (χ1v) is 11.4. The zero-order valence-electron chi connectivity index (χ0n) is 18.7. The molecule has 0 aliphatic carbocycles. The third-order valence-corrected chi connectivity index (χ3v) is 6.42. The lowest BCUT2D eigenvalue weighted by atomic mass is 10.2. The summed E-state index contributed by atoms with van der Waals surface area (Å²) in [7, 11) is 0. The van der Waals surface area contributed by atoms with Gasteiger partial charge in [0.05, 0.1) is 17.1 Å². The smallest absolute Gasteiger partial charge is 0.410 e. The van der Waals surface area contributed by atoms with Crippen LogP contribution in [0, 0.1) is 12.7 Å². The average molecular weight is 459 g/mol. The monoisotopic (exact) mass is 458 g/mol. The van der Waals surface area contributed by atoms with Crippen LogP contribution < -0.4 is 0 Å². The van der Waals surface area contributed by atoms with Crippen LogP contribution >= 0.6 is 11.3 Å². The van der Waals surface area contributed by atoms with E-state index in [0.29, 0.717) is 37.6 Å². The largest absolute Gasteiger partial charge is 0.444 e. The molecule has 0 saturated carbocycles. The van der Waals surface area contributed by atoms with E-state index in [9.17, 15) is 14.0 Å². The molecule has 1 saturated heterocycles. The summed E-state index contributed by atoms with van der Waals surface area (Å²) < 4.78 is 20.5. The molecule has 0 spiro atoms. The van der Waals surface area contributed by atoms with E-state index in [2.05, 4.69) is 5.10 Å². The number of fused-ring (bicyclic) bond motifs is 1. The van der Waals surface area contributed by atoms with E-state index >= 15 is 0 Å². The maximum absolute atomic E-state index is 13.2. The zero-order valence-corrected chi connectivity index (χ0v) is 19.5. The molecule has 1 fully saturated rings. The van der Waals surface area contributed by atoms with Crippen LogP contribution in [0.3, 0.4) is 0 Å². The molecule has 2 amide bonds. The number of carbonyl (C=O) groups excluding carboxylic acids is 2. The van der Waals surface area contributed by atoms with Crippen molar-refractivity contribution in [3.8, 4) is 0 Å². The Labute approximate surface area is 190 Å². The molecule has 1 aliphatic rings. The van der Waals surface area contributed by atoms with Crippen molar-refractivity contribution in [1.82, 2.24) is 19.6 Å². The minimum atomic E-state index is -0.541. The summed E-state index contributed by atoms with van der Waals surface area (Å²) in [6.07, 6.45) is -0.344. The first-order chi connectivity index (χ1) is 15.1. The fraction of sp³-hybridized carbons (Fsp3) is 0.435. The summed E-state index contributed by atoms with van der Waals surface area (Å²) >= 11 is 1.41. The molecule has 0 atom stereocenters. The van der Waals surface area contributed by atoms with Crippen molar-refractivity contribution in [2.75, 3.05) is 26.2 Å². The van der Waals surface area contributed by atoms with Gasteiger partial charge in [0.2, 0.25) is 0 Å². The molecule has 9 heteroatoms. The van der Waals surface area contributed by atoms with Crippen LogP contribution in [0.2, 0.25) is 0 Å². The van der Waals surface area contributed by atoms with Crippen LogP contribution in [0.4, 0.5) is 9.18 Å². The Kier molecular flexibility index (Phi) is 5.94. The molecular formula is C23H27FN4O3S. The van der Waals surface area contributed by atoms with Gasteiger partial charge in [0.1, 0.15) is 16.2 Å². The van der Waals surface area contributed by atoms with Crippen LogP contribution in [0.25, 0.3) is 10.2 Å². The standard InChI is InChI=1S/C23H27FN4O3S/c1-15-18-13-19(32-21(18)28(25-15)14-16-5-7-17(24)8-6-16)20(29)26-9-11-27(12-10-26)22(30)31-23(2,3)4/h5-8,13H,9-12,14H2,1-4H3. The Bertz CT molecular complexity index is 1140. The summed E-state index contributed by atoms with van der Waals surface area (Å²) in [5, 5.41) is 5.54. The summed E-state index contributed by atoms with van der Waals surface area (Å²) in [5.74, 6) is -0.311. The SMILES string of the molecule is Cc1nn(Cc2ccc(F)cc2)c2sc(C(=O)N3CCN(C(=O)OC(C)(C)C)CC3)cc12. The van der Waals surface area contributed by atoms with Crippen molar-refractivity contribution >= 4 is 33.6 Å². The second-order valence-electron chi connectivity index (χ2n) is 8.96. The summed E-state index contributed by atoms with van der Waals surface area (Å²) in [5.41, 5.74) is 1.25. The quantitative estimate of drug-likeness (QED) is 0.587. The van der Waals surface area contributed by atoms with Crippen molar-refractivity contribution in [3.05, 3.63) is 52.3 Å². The van der Waals surface area contributed by atoms with Crippen molar-refractivity contribution in [1.29, 1.82) is 0 Å². The van der Waals surface area contributed by atoms with Gasteiger partial charge in [-0.2, -0.15) is 5.10 Å². The highest BCUT2D eigenvalue weighted by molar-refractivity contribution is 7.20. The number of carbonyl (C=O) groups is 2.